The highest BCUT2D eigenvalue weighted by Gasteiger charge is 2.20. The lowest BCUT2D eigenvalue weighted by atomic mass is 10.0. The van der Waals surface area contributed by atoms with Crippen LogP contribution in [0.2, 0.25) is 0 Å². The summed E-state index contributed by atoms with van der Waals surface area (Å²) in [6, 6.07) is -0.0227. The van der Waals surface area contributed by atoms with Gasteiger partial charge in [0.1, 0.15) is 11.8 Å². The molecule has 0 radical (unpaired) electrons. The van der Waals surface area contributed by atoms with Crippen LogP contribution in [0.25, 0.3) is 11.2 Å². The van der Waals surface area contributed by atoms with Crippen molar-refractivity contribution in [2.45, 2.75) is 70.9 Å². The Bertz CT molecular complexity index is 581. The molecule has 2 heterocycles. The van der Waals surface area contributed by atoms with E-state index in [0.717, 1.165) is 12.8 Å². The van der Waals surface area contributed by atoms with Crippen LogP contribution < -0.4 is 5.73 Å². The van der Waals surface area contributed by atoms with Gasteiger partial charge >= 0.3 is 0 Å². The molecule has 2 atom stereocenters. The molecule has 0 aliphatic rings. The molecular formula is C16H27N5O. The molecule has 0 spiro atoms. The average molecular weight is 305 g/mol. The van der Waals surface area contributed by atoms with Crippen LogP contribution in [0.5, 0.6) is 0 Å². The first-order chi connectivity index (χ1) is 10.6. The smallest absolute Gasteiger partial charge is 0.165 e. The molecule has 122 valence electrons. The Hall–Kier alpha value is -1.69. The van der Waals surface area contributed by atoms with Gasteiger partial charge in [0.05, 0.1) is 18.5 Å². The Kier molecular flexibility index (Phi) is 6.12. The first kappa shape index (κ1) is 16.7. The fourth-order valence-electron chi connectivity index (χ4n) is 2.86. The number of rotatable bonds is 9. The summed E-state index contributed by atoms with van der Waals surface area (Å²) in [6.07, 6.45) is 11.0. The minimum atomic E-state index is -0.454. The number of anilines is 1. The maximum Gasteiger partial charge on any atom is 0.165 e. The Labute approximate surface area is 131 Å². The van der Waals surface area contributed by atoms with Gasteiger partial charge in [0, 0.05) is 0 Å². The number of hydrogen-bond acceptors (Lipinski definition) is 5. The summed E-state index contributed by atoms with van der Waals surface area (Å²) in [7, 11) is 0. The van der Waals surface area contributed by atoms with Gasteiger partial charge in [-0.1, -0.05) is 45.4 Å². The Balaban J connectivity index is 2.02. The molecule has 0 fully saturated rings. The molecule has 0 aromatic carbocycles. The second-order valence-corrected chi connectivity index (χ2v) is 5.95. The normalized spacial score (nSPS) is 14.3. The number of imidazole rings is 1. The quantitative estimate of drug-likeness (QED) is 0.695. The van der Waals surface area contributed by atoms with E-state index in [0.29, 0.717) is 17.0 Å². The third-order valence-electron chi connectivity index (χ3n) is 4.15. The van der Waals surface area contributed by atoms with Crippen molar-refractivity contribution in [3.05, 3.63) is 12.7 Å². The van der Waals surface area contributed by atoms with Crippen LogP contribution in [-0.4, -0.2) is 30.7 Å². The van der Waals surface area contributed by atoms with Crippen LogP contribution in [0.15, 0.2) is 12.7 Å². The Morgan fingerprint density at radius 2 is 1.86 bits per heavy atom. The van der Waals surface area contributed by atoms with E-state index in [-0.39, 0.29) is 6.04 Å². The van der Waals surface area contributed by atoms with Gasteiger partial charge in [-0.05, 0) is 13.3 Å². The lowest BCUT2D eigenvalue weighted by molar-refractivity contribution is 0.124. The lowest BCUT2D eigenvalue weighted by Gasteiger charge is -2.21. The second-order valence-electron chi connectivity index (χ2n) is 5.95. The van der Waals surface area contributed by atoms with E-state index < -0.39 is 6.10 Å². The molecule has 2 unspecified atom stereocenters. The molecule has 6 nitrogen and oxygen atoms in total. The SMILES string of the molecule is CCCCCCCCC(C(C)O)n1cnc2c(N)ncnc21. The van der Waals surface area contributed by atoms with Crippen LogP contribution >= 0.6 is 0 Å². The first-order valence-electron chi connectivity index (χ1n) is 8.26. The van der Waals surface area contributed by atoms with Crippen molar-refractivity contribution in [2.24, 2.45) is 0 Å². The summed E-state index contributed by atoms with van der Waals surface area (Å²) in [4.78, 5) is 12.5. The fraction of sp³-hybridized carbons (Fsp3) is 0.688. The third kappa shape index (κ3) is 3.94. The molecule has 0 bridgehead atoms. The average Bonchev–Trinajstić information content (AvgIpc) is 2.91. The maximum atomic E-state index is 10.1. The molecule has 0 aliphatic carbocycles. The van der Waals surface area contributed by atoms with Crippen LogP contribution in [-0.2, 0) is 0 Å². The standard InChI is InChI=1S/C16H27N5O/c1-3-4-5-6-7-8-9-13(12(2)22)21-11-20-14-15(17)18-10-19-16(14)21/h10-13,22H,3-9H2,1-2H3,(H2,17,18,19). The summed E-state index contributed by atoms with van der Waals surface area (Å²) >= 11 is 0. The number of aliphatic hydroxyl groups is 1. The highest BCUT2D eigenvalue weighted by Crippen LogP contribution is 2.25. The van der Waals surface area contributed by atoms with Gasteiger partial charge in [0.15, 0.2) is 11.5 Å². The van der Waals surface area contributed by atoms with Crippen LogP contribution in [0.4, 0.5) is 5.82 Å². The number of nitrogens with zero attached hydrogens (tertiary/aromatic N) is 4. The van der Waals surface area contributed by atoms with Crippen molar-refractivity contribution in [3.63, 3.8) is 0 Å². The predicted molar refractivity (Wildman–Crippen MR) is 88.4 cm³/mol. The van der Waals surface area contributed by atoms with Crippen molar-refractivity contribution in [1.29, 1.82) is 0 Å². The number of aliphatic hydroxyl groups excluding tert-OH is 1. The van der Waals surface area contributed by atoms with Gasteiger partial charge in [-0.15, -0.1) is 0 Å². The Morgan fingerprint density at radius 1 is 1.14 bits per heavy atom. The van der Waals surface area contributed by atoms with E-state index in [1.54, 1.807) is 6.33 Å². The van der Waals surface area contributed by atoms with Crippen molar-refractivity contribution < 1.29 is 5.11 Å². The fourth-order valence-corrected chi connectivity index (χ4v) is 2.86. The second kappa shape index (κ2) is 8.08. The molecule has 2 aromatic heterocycles. The monoisotopic (exact) mass is 305 g/mol. The number of fused-ring (bicyclic) bond motifs is 1. The molecule has 22 heavy (non-hydrogen) atoms. The van der Waals surface area contributed by atoms with Crippen molar-refractivity contribution in [3.8, 4) is 0 Å². The van der Waals surface area contributed by atoms with Crippen LogP contribution in [0.1, 0.15) is 64.8 Å². The summed E-state index contributed by atoms with van der Waals surface area (Å²) in [5.74, 6) is 0.382. The summed E-state index contributed by atoms with van der Waals surface area (Å²) in [6.45, 7) is 4.04. The maximum absolute atomic E-state index is 10.1. The van der Waals surface area contributed by atoms with Crippen LogP contribution in [0, 0.1) is 0 Å². The van der Waals surface area contributed by atoms with Crippen molar-refractivity contribution in [1.82, 2.24) is 19.5 Å². The van der Waals surface area contributed by atoms with Gasteiger partial charge in [0.2, 0.25) is 0 Å². The number of aromatic nitrogens is 4. The minimum Gasteiger partial charge on any atom is -0.391 e. The molecule has 0 saturated carbocycles. The highest BCUT2D eigenvalue weighted by atomic mass is 16.3. The zero-order chi connectivity index (χ0) is 15.9. The molecule has 2 rings (SSSR count). The highest BCUT2D eigenvalue weighted by molar-refractivity contribution is 5.81. The van der Waals surface area contributed by atoms with E-state index in [1.165, 1.54) is 38.4 Å². The van der Waals surface area contributed by atoms with E-state index >= 15 is 0 Å². The Morgan fingerprint density at radius 3 is 2.59 bits per heavy atom. The molecule has 2 aromatic rings. The molecule has 3 N–H and O–H groups in total. The van der Waals surface area contributed by atoms with Gasteiger partial charge in [-0.3, -0.25) is 0 Å². The minimum absolute atomic E-state index is 0.0227. The van der Waals surface area contributed by atoms with Gasteiger partial charge in [0.25, 0.3) is 0 Å². The largest absolute Gasteiger partial charge is 0.391 e. The topological polar surface area (TPSA) is 89.8 Å². The number of unbranched alkanes of at least 4 members (excludes halogenated alkanes) is 5. The molecule has 0 saturated heterocycles. The molecule has 0 aliphatic heterocycles. The lowest BCUT2D eigenvalue weighted by Crippen LogP contribution is -2.21. The van der Waals surface area contributed by atoms with Gasteiger partial charge < -0.3 is 15.4 Å². The number of nitrogen functional groups attached to an aromatic ring is 1. The van der Waals surface area contributed by atoms with E-state index in [9.17, 15) is 5.11 Å². The zero-order valence-corrected chi connectivity index (χ0v) is 13.6. The van der Waals surface area contributed by atoms with Crippen molar-refractivity contribution in [2.75, 3.05) is 5.73 Å². The summed E-state index contributed by atoms with van der Waals surface area (Å²) in [5, 5.41) is 10.1. The van der Waals surface area contributed by atoms with Crippen LogP contribution in [0.3, 0.4) is 0 Å². The zero-order valence-electron chi connectivity index (χ0n) is 13.6. The number of hydrogen-bond donors (Lipinski definition) is 2. The summed E-state index contributed by atoms with van der Waals surface area (Å²) in [5.41, 5.74) is 7.13. The molecule has 0 amide bonds. The van der Waals surface area contributed by atoms with Gasteiger partial charge in [-0.25, -0.2) is 15.0 Å². The molecular weight excluding hydrogens is 278 g/mol. The number of nitrogens with two attached hydrogens (primary N) is 1. The predicted octanol–water partition coefficient (Wildman–Crippen LogP) is 3.08. The third-order valence-corrected chi connectivity index (χ3v) is 4.15. The summed E-state index contributed by atoms with van der Waals surface area (Å²) < 4.78 is 1.93. The van der Waals surface area contributed by atoms with Gasteiger partial charge in [-0.2, -0.15) is 0 Å². The van der Waals surface area contributed by atoms with E-state index in [1.807, 2.05) is 11.5 Å². The van der Waals surface area contributed by atoms with Crippen molar-refractivity contribution >= 4 is 17.0 Å². The van der Waals surface area contributed by atoms with E-state index in [2.05, 4.69) is 21.9 Å². The molecule has 6 heteroatoms. The first-order valence-corrected chi connectivity index (χ1v) is 8.26. The van der Waals surface area contributed by atoms with E-state index in [4.69, 9.17) is 5.73 Å².